The molecular weight excluding hydrogens is 314 g/mol. The fourth-order valence-electron chi connectivity index (χ4n) is 2.95. The summed E-state index contributed by atoms with van der Waals surface area (Å²) in [5, 5.41) is 6.50. The highest BCUT2D eigenvalue weighted by Crippen LogP contribution is 2.38. The van der Waals surface area contributed by atoms with Crippen LogP contribution in [0, 0.1) is 0 Å². The number of hydrazone groups is 1. The summed E-state index contributed by atoms with van der Waals surface area (Å²) in [5.41, 5.74) is 7.03. The third-order valence-electron chi connectivity index (χ3n) is 4.08. The molecule has 1 heterocycles. The Balaban J connectivity index is 0.00000100. The van der Waals surface area contributed by atoms with E-state index in [2.05, 4.69) is 59.7 Å². The number of aromatic nitrogens is 1. The SMILES string of the molecule is C/C=c1/nc(N/N=C2/CC(C)(C)c3ccccc32)s/c1=C/C.CC. The van der Waals surface area contributed by atoms with Crippen LogP contribution in [-0.4, -0.2) is 10.7 Å². The molecule has 24 heavy (non-hydrogen) atoms. The molecule has 1 aliphatic carbocycles. The van der Waals surface area contributed by atoms with Gasteiger partial charge < -0.3 is 0 Å². The van der Waals surface area contributed by atoms with Crippen LogP contribution in [-0.2, 0) is 5.41 Å². The molecule has 0 aliphatic heterocycles. The van der Waals surface area contributed by atoms with Gasteiger partial charge in [0.25, 0.3) is 0 Å². The largest absolute Gasteiger partial charge is 0.252 e. The Morgan fingerprint density at radius 2 is 1.88 bits per heavy atom. The molecule has 1 aliphatic rings. The van der Waals surface area contributed by atoms with Crippen LogP contribution in [0.3, 0.4) is 0 Å². The first-order valence-electron chi connectivity index (χ1n) is 8.57. The van der Waals surface area contributed by atoms with Crippen molar-refractivity contribution < 1.29 is 0 Å². The molecule has 0 fully saturated rings. The normalized spacial score (nSPS) is 18.3. The van der Waals surface area contributed by atoms with E-state index in [1.54, 1.807) is 11.3 Å². The minimum absolute atomic E-state index is 0.144. The highest BCUT2D eigenvalue weighted by atomic mass is 32.1. The smallest absolute Gasteiger partial charge is 0.204 e. The molecule has 128 valence electrons. The molecule has 3 nitrogen and oxygen atoms in total. The minimum Gasteiger partial charge on any atom is -0.252 e. The van der Waals surface area contributed by atoms with E-state index in [1.165, 1.54) is 15.7 Å². The van der Waals surface area contributed by atoms with E-state index < -0.39 is 0 Å². The fraction of sp³-hybridized carbons (Fsp3) is 0.400. The van der Waals surface area contributed by atoms with E-state index in [0.29, 0.717) is 0 Å². The molecule has 0 saturated heterocycles. The van der Waals surface area contributed by atoms with Gasteiger partial charge in [-0.05, 0) is 24.8 Å². The lowest BCUT2D eigenvalue weighted by Crippen LogP contribution is -2.19. The Morgan fingerprint density at radius 3 is 2.50 bits per heavy atom. The molecule has 4 heteroatoms. The van der Waals surface area contributed by atoms with Gasteiger partial charge in [0.15, 0.2) is 0 Å². The number of nitrogens with zero attached hydrogens (tertiary/aromatic N) is 2. The van der Waals surface area contributed by atoms with Gasteiger partial charge in [-0.1, -0.05) is 75.4 Å². The lowest BCUT2D eigenvalue weighted by Gasteiger charge is -2.17. The van der Waals surface area contributed by atoms with Crippen LogP contribution in [0.15, 0.2) is 29.4 Å². The number of benzene rings is 1. The topological polar surface area (TPSA) is 37.3 Å². The zero-order valence-electron chi connectivity index (χ0n) is 15.5. The summed E-state index contributed by atoms with van der Waals surface area (Å²) in [7, 11) is 0. The first-order chi connectivity index (χ1) is 11.5. The summed E-state index contributed by atoms with van der Waals surface area (Å²) in [6.45, 7) is 12.6. The Bertz CT molecular complexity index is 813. The number of hydrogen-bond donors (Lipinski definition) is 1. The molecule has 3 rings (SSSR count). The van der Waals surface area contributed by atoms with Crippen molar-refractivity contribution in [3.05, 3.63) is 45.3 Å². The van der Waals surface area contributed by atoms with Gasteiger partial charge in [0.05, 0.1) is 15.6 Å². The Labute approximate surface area is 148 Å². The maximum Gasteiger partial charge on any atom is 0.204 e. The summed E-state index contributed by atoms with van der Waals surface area (Å²) in [6, 6.07) is 8.54. The molecule has 2 aromatic rings. The summed E-state index contributed by atoms with van der Waals surface area (Å²) >= 11 is 1.63. The molecule has 1 N–H and O–H groups in total. The third kappa shape index (κ3) is 3.59. The third-order valence-corrected chi connectivity index (χ3v) is 5.12. The second-order valence-corrected chi connectivity index (χ2v) is 7.15. The molecule has 1 aromatic carbocycles. The second-order valence-electron chi connectivity index (χ2n) is 6.12. The first kappa shape index (κ1) is 18.4. The van der Waals surface area contributed by atoms with Crippen LogP contribution in [0.1, 0.15) is 59.1 Å². The molecule has 0 unspecified atom stereocenters. The van der Waals surface area contributed by atoms with E-state index in [1.807, 2.05) is 33.8 Å². The number of hydrogen-bond acceptors (Lipinski definition) is 4. The van der Waals surface area contributed by atoms with E-state index in [9.17, 15) is 0 Å². The highest BCUT2D eigenvalue weighted by Gasteiger charge is 2.33. The highest BCUT2D eigenvalue weighted by molar-refractivity contribution is 7.13. The van der Waals surface area contributed by atoms with Crippen LogP contribution in [0.25, 0.3) is 12.2 Å². The van der Waals surface area contributed by atoms with E-state index in [4.69, 9.17) is 0 Å². The van der Waals surface area contributed by atoms with Crippen LogP contribution < -0.4 is 15.3 Å². The van der Waals surface area contributed by atoms with Gasteiger partial charge in [0.2, 0.25) is 5.13 Å². The summed E-state index contributed by atoms with van der Waals surface area (Å²) < 4.78 is 1.18. The summed E-state index contributed by atoms with van der Waals surface area (Å²) in [5.74, 6) is 0. The van der Waals surface area contributed by atoms with Gasteiger partial charge >= 0.3 is 0 Å². The van der Waals surface area contributed by atoms with Crippen molar-refractivity contribution in [2.45, 2.75) is 53.4 Å². The van der Waals surface area contributed by atoms with Crippen molar-refractivity contribution in [3.8, 4) is 0 Å². The van der Waals surface area contributed by atoms with Crippen molar-refractivity contribution in [3.63, 3.8) is 0 Å². The first-order valence-corrected chi connectivity index (χ1v) is 9.39. The zero-order valence-corrected chi connectivity index (χ0v) is 16.3. The number of nitrogens with one attached hydrogen (secondary N) is 1. The lowest BCUT2D eigenvalue weighted by molar-refractivity contribution is 0.568. The number of thiazole rings is 1. The average molecular weight is 342 g/mol. The van der Waals surface area contributed by atoms with Crippen molar-refractivity contribution in [2.24, 2.45) is 5.10 Å². The quantitative estimate of drug-likeness (QED) is 0.828. The summed E-state index contributed by atoms with van der Waals surface area (Å²) in [4.78, 5) is 4.57. The Kier molecular flexibility index (Phi) is 5.94. The van der Waals surface area contributed by atoms with E-state index in [0.717, 1.165) is 22.6 Å². The Morgan fingerprint density at radius 1 is 1.17 bits per heavy atom. The van der Waals surface area contributed by atoms with Crippen molar-refractivity contribution >= 4 is 34.3 Å². The van der Waals surface area contributed by atoms with Crippen molar-refractivity contribution in [2.75, 3.05) is 5.43 Å². The van der Waals surface area contributed by atoms with Gasteiger partial charge in [0, 0.05) is 12.0 Å². The van der Waals surface area contributed by atoms with Crippen molar-refractivity contribution in [1.82, 2.24) is 4.98 Å². The van der Waals surface area contributed by atoms with E-state index >= 15 is 0 Å². The standard InChI is InChI=1S/C18H21N3S.C2H6/c1-5-14-16(6-2)22-17(19-14)21-20-15-11-18(3,4)13-10-8-7-9-12(13)15;1-2/h5-10H,11H2,1-4H3,(H,19,21);1-2H3/b14-5+,16-6+,20-15-;. The van der Waals surface area contributed by atoms with Crippen LogP contribution >= 0.6 is 11.3 Å². The molecule has 1 aromatic heterocycles. The second kappa shape index (κ2) is 7.75. The molecule has 0 saturated carbocycles. The molecule has 0 radical (unpaired) electrons. The van der Waals surface area contributed by atoms with Gasteiger partial charge in [-0.15, -0.1) is 0 Å². The lowest BCUT2D eigenvalue weighted by atomic mass is 9.87. The van der Waals surface area contributed by atoms with E-state index in [-0.39, 0.29) is 5.41 Å². The van der Waals surface area contributed by atoms with Crippen LogP contribution in [0.5, 0.6) is 0 Å². The fourth-order valence-corrected chi connectivity index (χ4v) is 3.78. The van der Waals surface area contributed by atoms with Gasteiger partial charge in [-0.2, -0.15) is 5.10 Å². The maximum atomic E-state index is 4.64. The average Bonchev–Trinajstić information content (AvgIpc) is 3.13. The van der Waals surface area contributed by atoms with Gasteiger partial charge in [0.1, 0.15) is 0 Å². The Hall–Kier alpha value is -1.94. The minimum atomic E-state index is 0.144. The molecule has 0 amide bonds. The molecule has 0 atom stereocenters. The van der Waals surface area contributed by atoms with Crippen molar-refractivity contribution in [1.29, 1.82) is 0 Å². The maximum absolute atomic E-state index is 4.64. The summed E-state index contributed by atoms with van der Waals surface area (Å²) in [6.07, 6.45) is 5.06. The molecule has 0 bridgehead atoms. The van der Waals surface area contributed by atoms with Gasteiger partial charge in [-0.25, -0.2) is 4.98 Å². The van der Waals surface area contributed by atoms with Crippen LogP contribution in [0.2, 0.25) is 0 Å². The predicted octanol–water partition coefficient (Wildman–Crippen LogP) is 4.27. The molecular formula is C20H27N3S. The van der Waals surface area contributed by atoms with Gasteiger partial charge in [-0.3, -0.25) is 5.43 Å². The molecule has 0 spiro atoms. The number of rotatable bonds is 2. The zero-order chi connectivity index (χ0) is 17.7. The number of anilines is 1. The van der Waals surface area contributed by atoms with Crippen LogP contribution in [0.4, 0.5) is 5.13 Å². The monoisotopic (exact) mass is 341 g/mol. The number of fused-ring (bicyclic) bond motifs is 1. The predicted molar refractivity (Wildman–Crippen MR) is 107 cm³/mol.